The van der Waals surface area contributed by atoms with Crippen LogP contribution in [0.2, 0.25) is 0 Å². The number of carbonyl (C=O) groups excluding carboxylic acids is 3. The van der Waals surface area contributed by atoms with Crippen LogP contribution in [0, 0.1) is 11.8 Å². The number of likely N-dealkylation sites (N-methyl/N-ethyl adjacent to an activating group) is 1. The summed E-state index contributed by atoms with van der Waals surface area (Å²) in [5, 5.41) is 57.3. The van der Waals surface area contributed by atoms with E-state index in [0.29, 0.717) is 11.1 Å². The van der Waals surface area contributed by atoms with Gasteiger partial charge >= 0.3 is 0 Å². The Kier molecular flexibility index (Phi) is 6.77. The molecule has 6 atom stereocenters. The van der Waals surface area contributed by atoms with Crippen molar-refractivity contribution in [2.24, 2.45) is 17.6 Å². The number of aliphatic hydroxyl groups is 4. The van der Waals surface area contributed by atoms with E-state index in [1.165, 1.54) is 19.0 Å². The molecule has 4 aliphatic carbocycles. The Labute approximate surface area is 227 Å². The summed E-state index contributed by atoms with van der Waals surface area (Å²) >= 11 is 0. The molecule has 5 rings (SSSR count). The Morgan fingerprint density at radius 1 is 1.10 bits per heavy atom. The number of amides is 1. The third-order valence-electron chi connectivity index (χ3n) is 9.49. The highest BCUT2D eigenvalue weighted by molar-refractivity contribution is 6.24. The second-order valence-electron chi connectivity index (χ2n) is 11.7. The Morgan fingerprint density at radius 2 is 1.69 bits per heavy atom. The summed E-state index contributed by atoms with van der Waals surface area (Å²) in [5.74, 6) is -8.65. The second-order valence-corrected chi connectivity index (χ2v) is 11.7. The molecular weight excluding hydrogens is 504 g/mol. The van der Waals surface area contributed by atoms with Crippen molar-refractivity contribution in [3.8, 4) is 5.75 Å². The molecule has 1 amide bonds. The van der Waals surface area contributed by atoms with Gasteiger partial charge in [-0.25, -0.2) is 0 Å². The van der Waals surface area contributed by atoms with Crippen molar-refractivity contribution >= 4 is 23.2 Å². The smallest absolute Gasteiger partial charge is 0.255 e. The number of hydrogen-bond acceptors (Lipinski definition) is 9. The van der Waals surface area contributed by atoms with Crippen LogP contribution in [0.4, 0.5) is 0 Å². The zero-order valence-electron chi connectivity index (χ0n) is 21.9. The van der Waals surface area contributed by atoms with E-state index in [4.69, 9.17) is 5.73 Å². The third-order valence-corrected chi connectivity index (χ3v) is 9.49. The number of benzene rings is 1. The van der Waals surface area contributed by atoms with Crippen LogP contribution in [-0.4, -0.2) is 79.7 Å². The van der Waals surface area contributed by atoms with Crippen LogP contribution in [0.25, 0.3) is 5.76 Å². The highest BCUT2D eigenvalue weighted by atomic mass is 16.4. The summed E-state index contributed by atoms with van der Waals surface area (Å²) in [5.41, 5.74) is 2.03. The average Bonchev–Trinajstić information content (AvgIpc) is 3.28. The van der Waals surface area contributed by atoms with Crippen molar-refractivity contribution < 1.29 is 39.9 Å². The number of aromatic hydroxyl groups is 1. The van der Waals surface area contributed by atoms with Gasteiger partial charge in [0, 0.05) is 17.1 Å². The zero-order chi connectivity index (χ0) is 28.1. The first-order chi connectivity index (χ1) is 17.7. The van der Waals surface area contributed by atoms with Gasteiger partial charge in [0.25, 0.3) is 5.91 Å². The van der Waals surface area contributed by atoms with Crippen LogP contribution < -0.4 is 5.73 Å². The summed E-state index contributed by atoms with van der Waals surface area (Å²) < 4.78 is 0. The Bertz CT molecular complexity index is 1340. The van der Waals surface area contributed by atoms with Crippen LogP contribution in [-0.2, 0) is 19.8 Å². The maximum Gasteiger partial charge on any atom is 0.255 e. The molecule has 2 fully saturated rings. The average molecular weight is 543 g/mol. The van der Waals surface area contributed by atoms with Crippen LogP contribution >= 0.6 is 0 Å². The summed E-state index contributed by atoms with van der Waals surface area (Å²) in [6.07, 6.45) is 2.10. The maximum absolute atomic E-state index is 14.1. The van der Waals surface area contributed by atoms with E-state index in [0.717, 1.165) is 25.7 Å². The fourth-order valence-corrected chi connectivity index (χ4v) is 7.53. The zero-order valence-corrected chi connectivity index (χ0v) is 21.9. The Balaban J connectivity index is 0.00000353. The van der Waals surface area contributed by atoms with E-state index in [9.17, 15) is 39.9 Å². The first-order valence-corrected chi connectivity index (χ1v) is 12.9. The lowest BCUT2D eigenvalue weighted by atomic mass is 9.54. The molecule has 39 heavy (non-hydrogen) atoms. The van der Waals surface area contributed by atoms with Gasteiger partial charge in [0.2, 0.25) is 5.78 Å². The topological polar surface area (TPSA) is 182 Å². The van der Waals surface area contributed by atoms with Crippen molar-refractivity contribution in [3.63, 3.8) is 0 Å². The van der Waals surface area contributed by atoms with Crippen molar-refractivity contribution in [1.29, 1.82) is 0 Å². The van der Waals surface area contributed by atoms with Gasteiger partial charge in [0.05, 0.1) is 23.6 Å². The SMILES string of the molecule is C.C[C@@H]1c2ccc(C3(C)CCCC3)c(O)c2C(O)=C2C(=O)[C@]3(O)C(O)=C(C(N)=O)C(=O)[C@H](N(C)C)[C@H]3[C@@H](O)[C@H]21. The lowest BCUT2D eigenvalue weighted by Gasteiger charge is -2.53. The number of aliphatic hydroxyl groups excluding tert-OH is 3. The Morgan fingerprint density at radius 3 is 2.23 bits per heavy atom. The number of Topliss-reactive ketones (excluding diaryl/α,β-unsaturated/α-hetero) is 2. The number of rotatable bonds is 3. The van der Waals surface area contributed by atoms with Crippen molar-refractivity contribution in [2.75, 3.05) is 14.1 Å². The molecule has 0 spiro atoms. The number of phenolic OH excluding ortho intramolecular Hbond substituents is 1. The first-order valence-electron chi connectivity index (χ1n) is 12.9. The van der Waals surface area contributed by atoms with Gasteiger partial charge in [-0.2, -0.15) is 0 Å². The molecule has 2 saturated carbocycles. The van der Waals surface area contributed by atoms with E-state index in [1.807, 2.05) is 13.0 Å². The number of phenols is 1. The molecule has 0 unspecified atom stereocenters. The molecule has 1 aromatic rings. The summed E-state index contributed by atoms with van der Waals surface area (Å²) in [7, 11) is 2.96. The van der Waals surface area contributed by atoms with Gasteiger partial charge in [-0.1, -0.05) is 46.2 Å². The minimum absolute atomic E-state index is 0. The number of primary amides is 1. The number of fused-ring (bicyclic) bond motifs is 3. The molecule has 0 heterocycles. The number of nitrogens with zero attached hydrogens (tertiary/aromatic N) is 1. The molecule has 4 aliphatic rings. The molecule has 0 aliphatic heterocycles. The van der Waals surface area contributed by atoms with E-state index in [-0.39, 0.29) is 29.7 Å². The fraction of sp³-hybridized carbons (Fsp3) is 0.552. The van der Waals surface area contributed by atoms with E-state index in [2.05, 4.69) is 0 Å². The highest BCUT2D eigenvalue weighted by Crippen LogP contribution is 2.57. The Hall–Kier alpha value is -3.21. The number of nitrogens with two attached hydrogens (primary N) is 1. The van der Waals surface area contributed by atoms with Crippen molar-refractivity contribution in [1.82, 2.24) is 4.90 Å². The minimum Gasteiger partial charge on any atom is -0.508 e. The number of carbonyl (C=O) groups is 3. The van der Waals surface area contributed by atoms with Crippen LogP contribution in [0.1, 0.15) is 69.6 Å². The monoisotopic (exact) mass is 542 g/mol. The molecule has 10 nitrogen and oxygen atoms in total. The molecule has 10 heteroatoms. The van der Waals surface area contributed by atoms with E-state index < -0.39 is 70.1 Å². The van der Waals surface area contributed by atoms with Gasteiger partial charge < -0.3 is 31.3 Å². The van der Waals surface area contributed by atoms with Gasteiger partial charge in [0.15, 0.2) is 11.4 Å². The number of hydrogen-bond donors (Lipinski definition) is 6. The van der Waals surface area contributed by atoms with Gasteiger partial charge in [-0.3, -0.25) is 19.3 Å². The van der Waals surface area contributed by atoms with E-state index in [1.54, 1.807) is 13.0 Å². The summed E-state index contributed by atoms with van der Waals surface area (Å²) in [6, 6.07) is 2.23. The van der Waals surface area contributed by atoms with Crippen LogP contribution in [0.5, 0.6) is 5.75 Å². The molecule has 0 aromatic heterocycles. The molecule has 7 N–H and O–H groups in total. The fourth-order valence-electron chi connectivity index (χ4n) is 7.53. The molecule has 0 radical (unpaired) electrons. The number of ketones is 2. The normalized spacial score (nSPS) is 33.5. The molecular formula is C29H38N2O8. The first kappa shape index (κ1) is 28.8. The van der Waals surface area contributed by atoms with Gasteiger partial charge in [0.1, 0.15) is 22.8 Å². The van der Waals surface area contributed by atoms with Crippen LogP contribution in [0.3, 0.4) is 0 Å². The molecule has 0 bridgehead atoms. The maximum atomic E-state index is 14.1. The van der Waals surface area contributed by atoms with Crippen molar-refractivity contribution in [2.45, 2.75) is 76.0 Å². The van der Waals surface area contributed by atoms with Gasteiger partial charge in [-0.15, -0.1) is 0 Å². The van der Waals surface area contributed by atoms with Crippen molar-refractivity contribution in [3.05, 3.63) is 45.7 Å². The minimum atomic E-state index is -2.91. The van der Waals surface area contributed by atoms with E-state index >= 15 is 0 Å². The highest BCUT2D eigenvalue weighted by Gasteiger charge is 2.68. The molecule has 1 aromatic carbocycles. The quantitative estimate of drug-likeness (QED) is 0.311. The summed E-state index contributed by atoms with van der Waals surface area (Å²) in [4.78, 5) is 40.8. The van der Waals surface area contributed by atoms with Gasteiger partial charge in [-0.05, 0) is 43.8 Å². The summed E-state index contributed by atoms with van der Waals surface area (Å²) in [6.45, 7) is 3.77. The molecule has 0 saturated heterocycles. The second kappa shape index (κ2) is 9.18. The lowest BCUT2D eigenvalue weighted by Crippen LogP contribution is -2.70. The lowest BCUT2D eigenvalue weighted by molar-refractivity contribution is -0.169. The van der Waals surface area contributed by atoms with Crippen LogP contribution in [0.15, 0.2) is 29.0 Å². The predicted octanol–water partition coefficient (Wildman–Crippen LogP) is 1.96. The third kappa shape index (κ3) is 3.54. The standard InChI is InChI=1S/C28H34N2O8.CH4/c1-11-12-7-8-13(27(2)9-5-6-10-27)20(31)15(12)21(32)16-14(11)22(33)18-19(30(3)4)23(34)17(26(29)37)25(36)28(18,38)24(16)35;/h7-8,11,14,18-19,22,31-33,36,38H,5-6,9-10H2,1-4H3,(H2,29,37);1H4/t11-,14+,18+,19-,22+,28+;/m1./s1. The predicted molar refractivity (Wildman–Crippen MR) is 143 cm³/mol. The largest absolute Gasteiger partial charge is 0.508 e. The molecule has 212 valence electrons.